The highest BCUT2D eigenvalue weighted by Gasteiger charge is 2.44. The Morgan fingerprint density at radius 3 is 2.35 bits per heavy atom. The van der Waals surface area contributed by atoms with Gasteiger partial charge in [0.25, 0.3) is 0 Å². The van der Waals surface area contributed by atoms with E-state index in [4.69, 9.17) is 9.47 Å². The van der Waals surface area contributed by atoms with Crippen LogP contribution in [-0.4, -0.2) is 42.3 Å². The lowest BCUT2D eigenvalue weighted by molar-refractivity contribution is -0.147. The van der Waals surface area contributed by atoms with Crippen molar-refractivity contribution in [2.75, 3.05) is 13.7 Å². The molecule has 0 saturated carbocycles. The Hall–Kier alpha value is -1.26. The number of esters is 1. The van der Waals surface area contributed by atoms with Crippen molar-refractivity contribution in [3.05, 3.63) is 0 Å². The van der Waals surface area contributed by atoms with E-state index in [0.717, 1.165) is 12.8 Å². The highest BCUT2D eigenvalue weighted by Crippen LogP contribution is 2.31. The minimum Gasteiger partial charge on any atom is -0.467 e. The molecule has 5 heteroatoms. The van der Waals surface area contributed by atoms with Crippen molar-refractivity contribution in [3.63, 3.8) is 0 Å². The average Bonchev–Trinajstić information content (AvgIpc) is 2.68. The van der Waals surface area contributed by atoms with Crippen molar-refractivity contribution in [1.29, 1.82) is 0 Å². The predicted molar refractivity (Wildman–Crippen MR) is 76.3 cm³/mol. The Balaban J connectivity index is 2.84. The summed E-state index contributed by atoms with van der Waals surface area (Å²) in [5.41, 5.74) is -0.562. The zero-order valence-corrected chi connectivity index (χ0v) is 13.4. The first kappa shape index (κ1) is 16.8. The van der Waals surface area contributed by atoms with Crippen molar-refractivity contribution in [2.24, 2.45) is 11.8 Å². The zero-order chi connectivity index (χ0) is 15.5. The lowest BCUT2D eigenvalue weighted by Crippen LogP contribution is -2.46. The first-order chi connectivity index (χ1) is 9.15. The van der Waals surface area contributed by atoms with Gasteiger partial charge in [-0.3, -0.25) is 4.90 Å². The number of hydrogen-bond donors (Lipinski definition) is 0. The molecule has 0 unspecified atom stereocenters. The number of ether oxygens (including phenoxy) is 2. The summed E-state index contributed by atoms with van der Waals surface area (Å²) in [7, 11) is 1.36. The number of rotatable bonds is 3. The average molecular weight is 285 g/mol. The SMILES string of the molecule is COC(=O)[C@@H]1[C@@H](CC(C)C)CCN1C(=O)OC(C)(C)C. The van der Waals surface area contributed by atoms with Gasteiger partial charge in [-0.2, -0.15) is 0 Å². The van der Waals surface area contributed by atoms with Crippen molar-refractivity contribution >= 4 is 12.1 Å². The van der Waals surface area contributed by atoms with Gasteiger partial charge in [0.15, 0.2) is 0 Å². The molecule has 0 N–H and O–H groups in total. The molecule has 0 aromatic rings. The largest absolute Gasteiger partial charge is 0.467 e. The maximum Gasteiger partial charge on any atom is 0.411 e. The van der Waals surface area contributed by atoms with Crippen LogP contribution in [0.4, 0.5) is 4.79 Å². The topological polar surface area (TPSA) is 55.8 Å². The highest BCUT2D eigenvalue weighted by molar-refractivity contribution is 5.82. The Morgan fingerprint density at radius 1 is 1.30 bits per heavy atom. The molecule has 1 saturated heterocycles. The van der Waals surface area contributed by atoms with Crippen molar-refractivity contribution in [3.8, 4) is 0 Å². The number of hydrogen-bond acceptors (Lipinski definition) is 4. The summed E-state index contributed by atoms with van der Waals surface area (Å²) in [5, 5.41) is 0. The summed E-state index contributed by atoms with van der Waals surface area (Å²) in [5.74, 6) is 0.278. The molecule has 20 heavy (non-hydrogen) atoms. The molecule has 1 fully saturated rings. The lowest BCUT2D eigenvalue weighted by atomic mass is 9.90. The van der Waals surface area contributed by atoms with Crippen molar-refractivity contribution < 1.29 is 19.1 Å². The summed E-state index contributed by atoms with van der Waals surface area (Å²) in [6.45, 7) is 10.2. The van der Waals surface area contributed by atoms with E-state index in [1.807, 2.05) is 20.8 Å². The molecule has 1 aliphatic heterocycles. The number of nitrogens with zero attached hydrogens (tertiary/aromatic N) is 1. The van der Waals surface area contributed by atoms with Gasteiger partial charge in [-0.15, -0.1) is 0 Å². The molecule has 0 aromatic heterocycles. The predicted octanol–water partition coefficient (Wildman–Crippen LogP) is 2.83. The number of carbonyl (C=O) groups excluding carboxylic acids is 2. The molecule has 1 heterocycles. The first-order valence-electron chi connectivity index (χ1n) is 7.23. The molecule has 1 aliphatic rings. The molecule has 5 nitrogen and oxygen atoms in total. The van der Waals surface area contributed by atoms with Crippen LogP contribution in [0.15, 0.2) is 0 Å². The van der Waals surface area contributed by atoms with E-state index in [1.54, 1.807) is 0 Å². The van der Waals surface area contributed by atoms with Gasteiger partial charge in [0.1, 0.15) is 11.6 Å². The number of amides is 1. The summed E-state index contributed by atoms with van der Waals surface area (Å²) in [6, 6.07) is -0.516. The van der Waals surface area contributed by atoms with Crippen molar-refractivity contribution in [2.45, 2.75) is 59.1 Å². The third-order valence-corrected chi connectivity index (χ3v) is 3.37. The molecular formula is C15H27NO4. The van der Waals surface area contributed by atoms with Gasteiger partial charge < -0.3 is 9.47 Å². The minimum absolute atomic E-state index is 0.148. The number of likely N-dealkylation sites (tertiary alicyclic amines) is 1. The maximum atomic E-state index is 12.2. The summed E-state index contributed by atoms with van der Waals surface area (Å²) >= 11 is 0. The lowest BCUT2D eigenvalue weighted by Gasteiger charge is -2.29. The van der Waals surface area contributed by atoms with E-state index in [-0.39, 0.29) is 11.9 Å². The molecule has 0 bridgehead atoms. The molecule has 0 radical (unpaired) electrons. The van der Waals surface area contributed by atoms with E-state index in [0.29, 0.717) is 12.5 Å². The summed E-state index contributed by atoms with van der Waals surface area (Å²) in [4.78, 5) is 25.8. The van der Waals surface area contributed by atoms with E-state index in [9.17, 15) is 9.59 Å². The Bertz CT molecular complexity index is 359. The van der Waals surface area contributed by atoms with E-state index >= 15 is 0 Å². The quantitative estimate of drug-likeness (QED) is 0.748. The fourth-order valence-corrected chi connectivity index (χ4v) is 2.67. The second-order valence-corrected chi connectivity index (χ2v) is 6.82. The summed E-state index contributed by atoms with van der Waals surface area (Å²) < 4.78 is 10.2. The van der Waals surface area contributed by atoms with Crippen LogP contribution in [0.2, 0.25) is 0 Å². The second kappa shape index (κ2) is 6.46. The third kappa shape index (κ3) is 4.39. The molecule has 1 amide bonds. The van der Waals surface area contributed by atoms with Crippen LogP contribution in [0, 0.1) is 11.8 Å². The van der Waals surface area contributed by atoms with Crippen LogP contribution in [0.3, 0.4) is 0 Å². The monoisotopic (exact) mass is 285 g/mol. The van der Waals surface area contributed by atoms with Crippen LogP contribution < -0.4 is 0 Å². The van der Waals surface area contributed by atoms with Crippen LogP contribution in [-0.2, 0) is 14.3 Å². The van der Waals surface area contributed by atoms with Gasteiger partial charge in [-0.1, -0.05) is 13.8 Å². The number of carbonyl (C=O) groups is 2. The highest BCUT2D eigenvalue weighted by atomic mass is 16.6. The molecule has 1 rings (SSSR count). The van der Waals surface area contributed by atoms with Gasteiger partial charge in [-0.25, -0.2) is 9.59 Å². The minimum atomic E-state index is -0.562. The van der Waals surface area contributed by atoms with E-state index in [2.05, 4.69) is 13.8 Å². The summed E-state index contributed by atoms with van der Waals surface area (Å²) in [6.07, 6.45) is 1.29. The zero-order valence-electron chi connectivity index (χ0n) is 13.4. The second-order valence-electron chi connectivity index (χ2n) is 6.82. The van der Waals surface area contributed by atoms with Gasteiger partial charge in [-0.05, 0) is 45.4 Å². The molecule has 2 atom stereocenters. The third-order valence-electron chi connectivity index (χ3n) is 3.37. The van der Waals surface area contributed by atoms with Crippen molar-refractivity contribution in [1.82, 2.24) is 4.90 Å². The molecular weight excluding hydrogens is 258 g/mol. The van der Waals surface area contributed by atoms with Gasteiger partial charge in [0, 0.05) is 6.54 Å². The van der Waals surface area contributed by atoms with Crippen LogP contribution in [0.1, 0.15) is 47.5 Å². The molecule has 0 aliphatic carbocycles. The molecule has 116 valence electrons. The molecule has 0 aromatic carbocycles. The van der Waals surface area contributed by atoms with Gasteiger partial charge in [0.2, 0.25) is 0 Å². The van der Waals surface area contributed by atoms with Crippen LogP contribution >= 0.6 is 0 Å². The van der Waals surface area contributed by atoms with Gasteiger partial charge >= 0.3 is 12.1 Å². The molecule has 0 spiro atoms. The Kier molecular flexibility index (Phi) is 5.42. The standard InChI is InChI=1S/C15H27NO4/c1-10(2)9-11-7-8-16(12(11)13(17)19-6)14(18)20-15(3,4)5/h10-12H,7-9H2,1-6H3/t11-,12+/m1/s1. The van der Waals surface area contributed by atoms with E-state index in [1.165, 1.54) is 12.0 Å². The van der Waals surface area contributed by atoms with E-state index < -0.39 is 17.7 Å². The fraction of sp³-hybridized carbons (Fsp3) is 0.867. The smallest absolute Gasteiger partial charge is 0.411 e. The van der Waals surface area contributed by atoms with Gasteiger partial charge in [0.05, 0.1) is 7.11 Å². The normalized spacial score (nSPS) is 23.1. The maximum absolute atomic E-state index is 12.2. The number of methoxy groups -OCH3 is 1. The Morgan fingerprint density at radius 2 is 1.90 bits per heavy atom. The Labute approximate surface area is 121 Å². The first-order valence-corrected chi connectivity index (χ1v) is 7.23. The van der Waals surface area contributed by atoms with Crippen LogP contribution in [0.5, 0.6) is 0 Å². The van der Waals surface area contributed by atoms with Crippen LogP contribution in [0.25, 0.3) is 0 Å². The fourth-order valence-electron chi connectivity index (χ4n) is 2.67.